The second kappa shape index (κ2) is 4.61. The lowest BCUT2D eigenvalue weighted by atomic mass is 10.1. The molecule has 88 valence electrons. The van der Waals surface area contributed by atoms with Crippen LogP contribution in [-0.2, 0) is 10.7 Å². The zero-order valence-corrected chi connectivity index (χ0v) is 8.96. The van der Waals surface area contributed by atoms with Crippen molar-refractivity contribution in [3.05, 3.63) is 22.8 Å². The summed E-state index contributed by atoms with van der Waals surface area (Å²) in [5.41, 5.74) is -0.707. The molecule has 0 atom stereocenters. The van der Waals surface area contributed by atoms with Crippen LogP contribution in [0.3, 0.4) is 0 Å². The van der Waals surface area contributed by atoms with E-state index in [9.17, 15) is 13.6 Å². The van der Waals surface area contributed by atoms with Gasteiger partial charge in [0.1, 0.15) is 12.0 Å². The zero-order chi connectivity index (χ0) is 12.3. The van der Waals surface area contributed by atoms with E-state index in [1.165, 1.54) is 6.20 Å². The molecule has 0 aliphatic carbocycles. The van der Waals surface area contributed by atoms with Crippen LogP contribution >= 0.6 is 11.6 Å². The summed E-state index contributed by atoms with van der Waals surface area (Å²) in [6.45, 7) is 0. The van der Waals surface area contributed by atoms with Gasteiger partial charge in [-0.05, 0) is 6.07 Å². The van der Waals surface area contributed by atoms with Gasteiger partial charge in [-0.3, -0.25) is 4.79 Å². The molecule has 1 heterocycles. The first-order chi connectivity index (χ1) is 7.38. The van der Waals surface area contributed by atoms with Crippen LogP contribution in [0.25, 0.3) is 0 Å². The number of rotatable bonds is 4. The van der Waals surface area contributed by atoms with Crippen LogP contribution in [0, 0.1) is 0 Å². The van der Waals surface area contributed by atoms with Crippen molar-refractivity contribution in [2.45, 2.75) is 12.3 Å². The maximum atomic E-state index is 13.5. The van der Waals surface area contributed by atoms with Crippen LogP contribution in [-0.4, -0.2) is 23.2 Å². The summed E-state index contributed by atoms with van der Waals surface area (Å²) in [6.07, 6.45) is -0.170. The van der Waals surface area contributed by atoms with E-state index >= 15 is 0 Å². The van der Waals surface area contributed by atoms with Crippen LogP contribution in [0.5, 0.6) is 5.88 Å². The Labute approximate surface area is 94.8 Å². The number of aliphatic carboxylic acids is 1. The van der Waals surface area contributed by atoms with Gasteiger partial charge in [-0.25, -0.2) is 13.8 Å². The first-order valence-electron chi connectivity index (χ1n) is 4.17. The highest BCUT2D eigenvalue weighted by Gasteiger charge is 2.40. The standard InChI is InChI=1S/C9H8ClF2NO3/c1-16-8-7(5(10)2-3-13-8)9(11,12)4-6(14)15/h2-3H,4H2,1H3,(H,14,15). The molecule has 0 amide bonds. The minimum absolute atomic E-state index is 0.280. The Bertz CT molecular complexity index is 412. The van der Waals surface area contributed by atoms with Crippen molar-refractivity contribution in [1.82, 2.24) is 4.98 Å². The third-order valence-electron chi connectivity index (χ3n) is 1.80. The molecule has 1 rings (SSSR count). The molecule has 0 fully saturated rings. The molecule has 0 aliphatic heterocycles. The van der Waals surface area contributed by atoms with Crippen LogP contribution in [0.4, 0.5) is 8.78 Å². The van der Waals surface area contributed by atoms with E-state index in [1.807, 2.05) is 0 Å². The number of hydrogen-bond acceptors (Lipinski definition) is 3. The van der Waals surface area contributed by atoms with E-state index < -0.39 is 23.9 Å². The number of carboxylic acids is 1. The largest absolute Gasteiger partial charge is 0.481 e. The summed E-state index contributed by atoms with van der Waals surface area (Å²) in [5, 5.41) is 8.10. The lowest BCUT2D eigenvalue weighted by Gasteiger charge is -2.17. The predicted molar refractivity (Wildman–Crippen MR) is 51.9 cm³/mol. The summed E-state index contributed by atoms with van der Waals surface area (Å²) in [4.78, 5) is 13.9. The van der Waals surface area contributed by atoms with Crippen molar-refractivity contribution in [3.8, 4) is 5.88 Å². The Morgan fingerprint density at radius 3 is 2.81 bits per heavy atom. The number of hydrogen-bond donors (Lipinski definition) is 1. The molecule has 4 nitrogen and oxygen atoms in total. The summed E-state index contributed by atoms with van der Waals surface area (Å²) >= 11 is 5.58. The lowest BCUT2D eigenvalue weighted by molar-refractivity contribution is -0.145. The van der Waals surface area contributed by atoms with E-state index in [0.717, 1.165) is 13.2 Å². The summed E-state index contributed by atoms with van der Waals surface area (Å²) in [6, 6.07) is 1.15. The Morgan fingerprint density at radius 2 is 2.31 bits per heavy atom. The van der Waals surface area contributed by atoms with Crippen LogP contribution in [0.1, 0.15) is 12.0 Å². The SMILES string of the molecule is COc1nccc(Cl)c1C(F)(F)CC(=O)O. The van der Waals surface area contributed by atoms with E-state index in [4.69, 9.17) is 16.7 Å². The van der Waals surface area contributed by atoms with Crippen LogP contribution in [0.15, 0.2) is 12.3 Å². The number of pyridine rings is 1. The number of ether oxygens (including phenoxy) is 1. The van der Waals surface area contributed by atoms with Gasteiger partial charge in [0.2, 0.25) is 5.88 Å². The van der Waals surface area contributed by atoms with Crippen LogP contribution in [0.2, 0.25) is 5.02 Å². The molecule has 7 heteroatoms. The number of aromatic nitrogens is 1. The predicted octanol–water partition coefficient (Wildman–Crippen LogP) is 2.31. The van der Waals surface area contributed by atoms with E-state index in [2.05, 4.69) is 9.72 Å². The van der Waals surface area contributed by atoms with Gasteiger partial charge in [-0.1, -0.05) is 11.6 Å². The Hall–Kier alpha value is -1.43. The molecule has 0 saturated heterocycles. The fourth-order valence-corrected chi connectivity index (χ4v) is 1.46. The second-order valence-electron chi connectivity index (χ2n) is 2.95. The van der Waals surface area contributed by atoms with Gasteiger partial charge in [0.15, 0.2) is 0 Å². The van der Waals surface area contributed by atoms with Gasteiger partial charge < -0.3 is 9.84 Å². The number of methoxy groups -OCH3 is 1. The Kier molecular flexibility index (Phi) is 3.64. The van der Waals surface area contributed by atoms with Gasteiger partial charge in [0.25, 0.3) is 5.92 Å². The summed E-state index contributed by atoms with van der Waals surface area (Å²) in [5.74, 6) is -5.63. The van der Waals surface area contributed by atoms with Gasteiger partial charge >= 0.3 is 5.97 Å². The smallest absolute Gasteiger partial charge is 0.309 e. The first kappa shape index (κ1) is 12.6. The van der Waals surface area contributed by atoms with Gasteiger partial charge in [-0.15, -0.1) is 0 Å². The molecule has 0 spiro atoms. The molecule has 0 unspecified atom stereocenters. The van der Waals surface area contributed by atoms with E-state index in [1.54, 1.807) is 0 Å². The van der Waals surface area contributed by atoms with Crippen molar-refractivity contribution in [2.75, 3.05) is 7.11 Å². The molecule has 0 bridgehead atoms. The fourth-order valence-electron chi connectivity index (χ4n) is 1.18. The molecule has 0 aromatic carbocycles. The first-order valence-corrected chi connectivity index (χ1v) is 4.55. The minimum atomic E-state index is -3.62. The fraction of sp³-hybridized carbons (Fsp3) is 0.333. The summed E-state index contributed by atoms with van der Waals surface area (Å²) in [7, 11) is 1.15. The maximum absolute atomic E-state index is 13.5. The molecular weight excluding hydrogens is 244 g/mol. The number of halogens is 3. The number of carbonyl (C=O) groups is 1. The highest BCUT2D eigenvalue weighted by Crippen LogP contribution is 2.40. The Morgan fingerprint density at radius 1 is 1.69 bits per heavy atom. The highest BCUT2D eigenvalue weighted by molar-refractivity contribution is 6.31. The molecule has 0 aliphatic rings. The number of carboxylic acid groups (broad SMARTS) is 1. The quantitative estimate of drug-likeness (QED) is 0.892. The maximum Gasteiger partial charge on any atom is 0.309 e. The van der Waals surface area contributed by atoms with Crippen molar-refractivity contribution in [3.63, 3.8) is 0 Å². The minimum Gasteiger partial charge on any atom is -0.481 e. The van der Waals surface area contributed by atoms with Crippen LogP contribution < -0.4 is 4.74 Å². The average Bonchev–Trinajstić information content (AvgIpc) is 2.14. The molecule has 0 radical (unpaired) electrons. The van der Waals surface area contributed by atoms with Crippen molar-refractivity contribution in [1.29, 1.82) is 0 Å². The van der Waals surface area contributed by atoms with Gasteiger partial charge in [-0.2, -0.15) is 0 Å². The second-order valence-corrected chi connectivity index (χ2v) is 3.36. The van der Waals surface area contributed by atoms with Crippen molar-refractivity contribution < 1.29 is 23.4 Å². The third-order valence-corrected chi connectivity index (χ3v) is 2.11. The third kappa shape index (κ3) is 2.57. The zero-order valence-electron chi connectivity index (χ0n) is 8.21. The summed E-state index contributed by atoms with van der Waals surface area (Å²) < 4.78 is 31.7. The Balaban J connectivity index is 3.24. The molecule has 1 aromatic heterocycles. The molecule has 16 heavy (non-hydrogen) atoms. The molecule has 0 saturated carbocycles. The number of alkyl halides is 2. The van der Waals surface area contributed by atoms with Gasteiger partial charge in [0, 0.05) is 6.20 Å². The monoisotopic (exact) mass is 251 g/mol. The van der Waals surface area contributed by atoms with E-state index in [-0.39, 0.29) is 10.9 Å². The van der Waals surface area contributed by atoms with Crippen molar-refractivity contribution in [2.24, 2.45) is 0 Å². The lowest BCUT2D eigenvalue weighted by Crippen LogP contribution is -2.20. The van der Waals surface area contributed by atoms with E-state index in [0.29, 0.717) is 0 Å². The normalized spacial score (nSPS) is 11.2. The van der Waals surface area contributed by atoms with Gasteiger partial charge in [0.05, 0.1) is 12.1 Å². The highest BCUT2D eigenvalue weighted by atomic mass is 35.5. The topological polar surface area (TPSA) is 59.4 Å². The average molecular weight is 252 g/mol. The number of nitrogens with zero attached hydrogens (tertiary/aromatic N) is 1. The molecular formula is C9H8ClF2NO3. The molecule has 1 N–H and O–H groups in total. The molecule has 1 aromatic rings. The van der Waals surface area contributed by atoms with Crippen molar-refractivity contribution >= 4 is 17.6 Å².